The molecule has 0 bridgehead atoms. The molecule has 2 aromatic carbocycles. The number of aromatic nitrogens is 1. The smallest absolute Gasteiger partial charge is 0.339 e. The molecule has 1 N–H and O–H groups in total. The van der Waals surface area contributed by atoms with E-state index in [2.05, 4.69) is 24.0 Å². The van der Waals surface area contributed by atoms with E-state index in [1.54, 1.807) is 6.07 Å². The lowest BCUT2D eigenvalue weighted by atomic mass is 9.95. The molecule has 0 amide bonds. The molecule has 4 rings (SSSR count). The minimum atomic E-state index is -0.968. The highest BCUT2D eigenvalue weighted by Gasteiger charge is 2.24. The van der Waals surface area contributed by atoms with Gasteiger partial charge in [0.05, 0.1) is 25.4 Å². The number of benzene rings is 2. The van der Waals surface area contributed by atoms with Crippen molar-refractivity contribution >= 4 is 5.97 Å². The number of rotatable bonds is 11. The molecule has 37 heavy (non-hydrogen) atoms. The topological polar surface area (TPSA) is 91.0 Å². The molecule has 0 unspecified atom stereocenters. The number of hydrogen-bond donors (Lipinski definition) is 1. The van der Waals surface area contributed by atoms with Crippen LogP contribution in [0, 0.1) is 20.8 Å². The van der Waals surface area contributed by atoms with E-state index < -0.39 is 5.97 Å². The average Bonchev–Trinajstić information content (AvgIpc) is 3.26. The molecule has 0 aliphatic heterocycles. The highest BCUT2D eigenvalue weighted by Crippen LogP contribution is 2.28. The number of carboxylic acid groups (broad SMARTS) is 1. The van der Waals surface area contributed by atoms with Crippen LogP contribution in [0.25, 0.3) is 11.5 Å². The second kappa shape index (κ2) is 12.4. The molecule has 3 aromatic rings. The molecule has 1 aliphatic carbocycles. The molecule has 1 saturated carbocycles. The van der Waals surface area contributed by atoms with E-state index >= 15 is 0 Å². The van der Waals surface area contributed by atoms with E-state index in [0.717, 1.165) is 65.8 Å². The monoisotopic (exact) mass is 507 g/mol. The van der Waals surface area contributed by atoms with Crippen LogP contribution in [0.15, 0.2) is 40.8 Å². The van der Waals surface area contributed by atoms with Crippen molar-refractivity contribution in [3.63, 3.8) is 0 Å². The van der Waals surface area contributed by atoms with Crippen molar-refractivity contribution in [1.29, 1.82) is 0 Å². The third-order valence-corrected chi connectivity index (χ3v) is 7.02. The molecule has 0 spiro atoms. The summed E-state index contributed by atoms with van der Waals surface area (Å²) >= 11 is 0. The Kier molecular flexibility index (Phi) is 9.00. The van der Waals surface area contributed by atoms with Crippen LogP contribution < -0.4 is 4.74 Å². The molecule has 7 heteroatoms. The van der Waals surface area contributed by atoms with Gasteiger partial charge in [0.1, 0.15) is 29.4 Å². The minimum Gasteiger partial charge on any atom is -0.490 e. The van der Waals surface area contributed by atoms with Crippen LogP contribution in [0.2, 0.25) is 0 Å². The number of carboxylic acids is 1. The van der Waals surface area contributed by atoms with Gasteiger partial charge >= 0.3 is 5.97 Å². The number of hydrogen-bond acceptors (Lipinski definition) is 6. The van der Waals surface area contributed by atoms with Gasteiger partial charge in [-0.05, 0) is 82.2 Å². The summed E-state index contributed by atoms with van der Waals surface area (Å²) in [7, 11) is 0. The average molecular weight is 508 g/mol. The fraction of sp³-hybridized carbons (Fsp3) is 0.467. The SMILES string of the molecule is CCc1ccc(OCCO[C@@H]2CCC[C@H](OCc3nc(-c4cccc(C)c4)oc3C)C2)c(C(=O)O)c1C. The van der Waals surface area contributed by atoms with Crippen LogP contribution in [-0.2, 0) is 22.5 Å². The van der Waals surface area contributed by atoms with Gasteiger partial charge in [0.15, 0.2) is 0 Å². The zero-order chi connectivity index (χ0) is 26.4. The predicted octanol–water partition coefficient (Wildman–Crippen LogP) is 6.45. The zero-order valence-electron chi connectivity index (χ0n) is 22.2. The molecule has 0 saturated heterocycles. The Hall–Kier alpha value is -3.16. The summed E-state index contributed by atoms with van der Waals surface area (Å²) in [6.07, 6.45) is 4.78. The number of nitrogens with zero attached hydrogens (tertiary/aromatic N) is 1. The Morgan fingerprint density at radius 1 is 1.08 bits per heavy atom. The van der Waals surface area contributed by atoms with Crippen molar-refractivity contribution < 1.29 is 28.5 Å². The molecule has 1 heterocycles. The highest BCUT2D eigenvalue weighted by molar-refractivity contribution is 5.93. The van der Waals surface area contributed by atoms with Crippen LogP contribution in [0.1, 0.15) is 71.1 Å². The first-order chi connectivity index (χ1) is 17.9. The second-order valence-corrected chi connectivity index (χ2v) is 9.71. The Morgan fingerprint density at radius 3 is 2.59 bits per heavy atom. The molecular weight excluding hydrogens is 470 g/mol. The fourth-order valence-corrected chi connectivity index (χ4v) is 4.93. The maximum absolute atomic E-state index is 11.8. The quantitative estimate of drug-likeness (QED) is 0.298. The van der Waals surface area contributed by atoms with Gasteiger partial charge in [0, 0.05) is 5.56 Å². The van der Waals surface area contributed by atoms with Crippen molar-refractivity contribution in [2.75, 3.05) is 13.2 Å². The largest absolute Gasteiger partial charge is 0.490 e. The summed E-state index contributed by atoms with van der Waals surface area (Å²) in [6, 6.07) is 11.8. The molecule has 7 nitrogen and oxygen atoms in total. The van der Waals surface area contributed by atoms with Crippen molar-refractivity contribution in [2.45, 2.75) is 78.6 Å². The Balaban J connectivity index is 1.25. The van der Waals surface area contributed by atoms with Crippen molar-refractivity contribution in [3.05, 3.63) is 70.1 Å². The molecule has 198 valence electrons. The highest BCUT2D eigenvalue weighted by atomic mass is 16.5. The minimum absolute atomic E-state index is 0.0896. The van der Waals surface area contributed by atoms with Gasteiger partial charge in [-0.15, -0.1) is 0 Å². The third kappa shape index (κ3) is 6.79. The van der Waals surface area contributed by atoms with E-state index in [-0.39, 0.29) is 17.8 Å². The summed E-state index contributed by atoms with van der Waals surface area (Å²) in [4.78, 5) is 16.4. The van der Waals surface area contributed by atoms with Gasteiger partial charge in [-0.25, -0.2) is 9.78 Å². The number of carbonyl (C=O) groups is 1. The van der Waals surface area contributed by atoms with Crippen molar-refractivity contribution in [3.8, 4) is 17.2 Å². The zero-order valence-corrected chi connectivity index (χ0v) is 22.2. The van der Waals surface area contributed by atoms with E-state index in [1.165, 1.54) is 0 Å². The molecule has 1 aromatic heterocycles. The Bertz CT molecular complexity index is 1220. The third-order valence-electron chi connectivity index (χ3n) is 7.02. The molecule has 2 atom stereocenters. The van der Waals surface area contributed by atoms with Crippen LogP contribution in [0.5, 0.6) is 5.75 Å². The van der Waals surface area contributed by atoms with E-state index in [0.29, 0.717) is 31.5 Å². The van der Waals surface area contributed by atoms with Gasteiger partial charge in [0.2, 0.25) is 5.89 Å². The van der Waals surface area contributed by atoms with Gasteiger partial charge < -0.3 is 23.7 Å². The maximum Gasteiger partial charge on any atom is 0.339 e. The second-order valence-electron chi connectivity index (χ2n) is 9.71. The summed E-state index contributed by atoms with van der Waals surface area (Å²) in [5, 5.41) is 9.64. The Labute approximate surface area is 218 Å². The van der Waals surface area contributed by atoms with Crippen LogP contribution in [-0.4, -0.2) is 41.5 Å². The molecule has 0 radical (unpaired) electrons. The fourth-order valence-electron chi connectivity index (χ4n) is 4.93. The number of aryl methyl sites for hydroxylation is 3. The Morgan fingerprint density at radius 2 is 1.86 bits per heavy atom. The first-order valence-electron chi connectivity index (χ1n) is 13.1. The first kappa shape index (κ1) is 26.9. The van der Waals surface area contributed by atoms with Gasteiger partial charge in [-0.1, -0.05) is 30.7 Å². The summed E-state index contributed by atoms with van der Waals surface area (Å²) in [5.41, 5.74) is 4.97. The lowest BCUT2D eigenvalue weighted by Crippen LogP contribution is -2.29. The summed E-state index contributed by atoms with van der Waals surface area (Å²) in [6.45, 7) is 8.92. The summed E-state index contributed by atoms with van der Waals surface area (Å²) in [5.74, 6) is 0.823. The standard InChI is InChI=1S/C30H37NO6/c1-5-22-12-13-27(28(20(22)3)30(32)33)35-15-14-34-24-10-7-11-25(17-24)36-18-26-21(4)37-29(31-26)23-9-6-8-19(2)16-23/h6,8-9,12-13,16,24-25H,5,7,10-11,14-15,17-18H2,1-4H3,(H,32,33)/t24-,25+/m1/s1. The lowest BCUT2D eigenvalue weighted by Gasteiger charge is -2.29. The van der Waals surface area contributed by atoms with Crippen molar-refractivity contribution in [2.24, 2.45) is 0 Å². The van der Waals surface area contributed by atoms with Crippen LogP contribution in [0.4, 0.5) is 0 Å². The first-order valence-corrected chi connectivity index (χ1v) is 13.1. The normalized spacial score (nSPS) is 17.6. The van der Waals surface area contributed by atoms with Crippen molar-refractivity contribution in [1.82, 2.24) is 4.98 Å². The molecular formula is C30H37NO6. The van der Waals surface area contributed by atoms with Gasteiger partial charge in [-0.2, -0.15) is 0 Å². The lowest BCUT2D eigenvalue weighted by molar-refractivity contribution is -0.0556. The van der Waals surface area contributed by atoms with E-state index in [4.69, 9.17) is 18.6 Å². The number of aromatic carboxylic acids is 1. The van der Waals surface area contributed by atoms with Gasteiger partial charge in [0.25, 0.3) is 0 Å². The van der Waals surface area contributed by atoms with E-state index in [1.807, 2.05) is 39.0 Å². The number of oxazole rings is 1. The summed E-state index contributed by atoms with van der Waals surface area (Å²) < 4.78 is 24.0. The molecule has 1 fully saturated rings. The number of ether oxygens (including phenoxy) is 3. The van der Waals surface area contributed by atoms with Crippen LogP contribution in [0.3, 0.4) is 0 Å². The maximum atomic E-state index is 11.8. The van der Waals surface area contributed by atoms with E-state index in [9.17, 15) is 9.90 Å². The molecule has 1 aliphatic rings. The van der Waals surface area contributed by atoms with Gasteiger partial charge in [-0.3, -0.25) is 0 Å². The van der Waals surface area contributed by atoms with Crippen LogP contribution >= 0.6 is 0 Å². The predicted molar refractivity (Wildman–Crippen MR) is 141 cm³/mol.